The van der Waals surface area contributed by atoms with E-state index in [0.717, 1.165) is 12.5 Å². The van der Waals surface area contributed by atoms with Gasteiger partial charge in [-0.25, -0.2) is 0 Å². The third-order valence-corrected chi connectivity index (χ3v) is 6.56. The highest BCUT2D eigenvalue weighted by Crippen LogP contribution is 2.62. The number of hydrogen-bond donors (Lipinski definition) is 1. The van der Waals surface area contributed by atoms with Crippen molar-refractivity contribution in [1.82, 2.24) is 5.32 Å². The Balaban J connectivity index is 1.56. The van der Waals surface area contributed by atoms with Crippen LogP contribution in [0.2, 0.25) is 0 Å². The zero-order valence-corrected chi connectivity index (χ0v) is 14.2. The van der Waals surface area contributed by atoms with E-state index in [2.05, 4.69) is 63.3 Å². The number of fused-ring (bicyclic) bond motifs is 2. The summed E-state index contributed by atoms with van der Waals surface area (Å²) in [6, 6.07) is 11.6. The molecule has 0 radical (unpaired) electrons. The molecule has 2 aliphatic rings. The molecule has 1 aromatic rings. The molecule has 0 aliphatic heterocycles. The predicted molar refractivity (Wildman–Crippen MR) is 90.5 cm³/mol. The van der Waals surface area contributed by atoms with Crippen LogP contribution >= 0.6 is 0 Å². The van der Waals surface area contributed by atoms with Crippen LogP contribution in [-0.4, -0.2) is 12.6 Å². The summed E-state index contributed by atoms with van der Waals surface area (Å²) in [4.78, 5) is 0. The Morgan fingerprint density at radius 2 is 1.90 bits per heavy atom. The maximum absolute atomic E-state index is 3.94. The summed E-state index contributed by atoms with van der Waals surface area (Å²) in [6.07, 6.45) is 5.54. The molecule has 21 heavy (non-hydrogen) atoms. The molecule has 3 rings (SSSR count). The van der Waals surface area contributed by atoms with Gasteiger partial charge in [0.1, 0.15) is 0 Å². The summed E-state index contributed by atoms with van der Waals surface area (Å²) < 4.78 is 0. The van der Waals surface area contributed by atoms with Crippen molar-refractivity contribution in [3.8, 4) is 0 Å². The Hall–Kier alpha value is -0.820. The number of benzene rings is 1. The number of hydrogen-bond acceptors (Lipinski definition) is 1. The second-order valence-corrected chi connectivity index (χ2v) is 8.40. The van der Waals surface area contributed by atoms with E-state index in [4.69, 9.17) is 0 Å². The maximum Gasteiger partial charge on any atom is 0.0175 e. The summed E-state index contributed by atoms with van der Waals surface area (Å²) in [5.41, 5.74) is 2.49. The van der Waals surface area contributed by atoms with Crippen molar-refractivity contribution in [2.45, 2.75) is 65.3 Å². The Morgan fingerprint density at radius 1 is 1.19 bits per heavy atom. The number of rotatable bonds is 5. The van der Waals surface area contributed by atoms with E-state index in [9.17, 15) is 0 Å². The molecule has 0 spiro atoms. The predicted octanol–water partition coefficient (Wildman–Crippen LogP) is 4.98. The molecule has 2 fully saturated rings. The van der Waals surface area contributed by atoms with Crippen molar-refractivity contribution >= 4 is 0 Å². The first-order valence-electron chi connectivity index (χ1n) is 8.72. The highest BCUT2D eigenvalue weighted by atomic mass is 15.0. The Labute approximate surface area is 130 Å². The van der Waals surface area contributed by atoms with E-state index in [1.54, 1.807) is 0 Å². The molecule has 0 amide bonds. The summed E-state index contributed by atoms with van der Waals surface area (Å²) in [6.45, 7) is 11.0. The van der Waals surface area contributed by atoms with Gasteiger partial charge in [-0.2, -0.15) is 0 Å². The van der Waals surface area contributed by atoms with Crippen LogP contribution in [0, 0.1) is 16.7 Å². The molecule has 4 unspecified atom stereocenters. The fraction of sp³-hybridized carbons (Fsp3) is 0.700. The molecule has 1 aromatic carbocycles. The molecule has 0 aromatic heterocycles. The third-order valence-electron chi connectivity index (χ3n) is 6.56. The average Bonchev–Trinajstić information content (AvgIpc) is 2.94. The molecular formula is C20H31N. The Morgan fingerprint density at radius 3 is 2.52 bits per heavy atom. The highest BCUT2D eigenvalue weighted by molar-refractivity contribution is 5.18. The third kappa shape index (κ3) is 2.65. The van der Waals surface area contributed by atoms with Crippen molar-refractivity contribution in [1.29, 1.82) is 0 Å². The van der Waals surface area contributed by atoms with Crippen LogP contribution in [0.4, 0.5) is 0 Å². The SMILES string of the molecule is CC(CCNC1C2(C)CCC(C2)C1(C)C)c1ccccc1. The smallest absolute Gasteiger partial charge is 0.0175 e. The quantitative estimate of drug-likeness (QED) is 0.804. The topological polar surface area (TPSA) is 12.0 Å². The van der Waals surface area contributed by atoms with Crippen LogP contribution in [0.5, 0.6) is 0 Å². The summed E-state index contributed by atoms with van der Waals surface area (Å²) >= 11 is 0. The molecule has 1 N–H and O–H groups in total. The summed E-state index contributed by atoms with van der Waals surface area (Å²) in [5.74, 6) is 1.58. The molecular weight excluding hydrogens is 254 g/mol. The van der Waals surface area contributed by atoms with Crippen LogP contribution < -0.4 is 5.32 Å². The lowest BCUT2D eigenvalue weighted by atomic mass is 9.68. The van der Waals surface area contributed by atoms with E-state index in [0.29, 0.717) is 22.8 Å². The molecule has 2 aliphatic carbocycles. The van der Waals surface area contributed by atoms with E-state index in [1.165, 1.54) is 31.2 Å². The van der Waals surface area contributed by atoms with Crippen LogP contribution in [-0.2, 0) is 0 Å². The van der Waals surface area contributed by atoms with Crippen LogP contribution in [0.15, 0.2) is 30.3 Å². The van der Waals surface area contributed by atoms with E-state index in [-0.39, 0.29) is 0 Å². The molecule has 1 nitrogen and oxygen atoms in total. The zero-order valence-electron chi connectivity index (χ0n) is 14.2. The average molecular weight is 285 g/mol. The molecule has 4 atom stereocenters. The molecule has 116 valence electrons. The van der Waals surface area contributed by atoms with Crippen LogP contribution in [0.25, 0.3) is 0 Å². The molecule has 1 heteroatoms. The molecule has 0 heterocycles. The van der Waals surface area contributed by atoms with Gasteiger partial charge in [-0.05, 0) is 60.5 Å². The van der Waals surface area contributed by atoms with Gasteiger partial charge in [0.05, 0.1) is 0 Å². The van der Waals surface area contributed by atoms with Gasteiger partial charge >= 0.3 is 0 Å². The lowest BCUT2D eigenvalue weighted by molar-refractivity contribution is 0.109. The molecule has 2 saturated carbocycles. The van der Waals surface area contributed by atoms with Gasteiger partial charge in [0.25, 0.3) is 0 Å². The van der Waals surface area contributed by atoms with Crippen LogP contribution in [0.1, 0.15) is 64.9 Å². The Kier molecular flexibility index (Phi) is 3.90. The fourth-order valence-electron chi connectivity index (χ4n) is 5.20. The lowest BCUT2D eigenvalue weighted by Crippen LogP contribution is -2.50. The van der Waals surface area contributed by atoms with Gasteiger partial charge in [0.2, 0.25) is 0 Å². The van der Waals surface area contributed by atoms with Crippen molar-refractivity contribution in [2.24, 2.45) is 16.7 Å². The summed E-state index contributed by atoms with van der Waals surface area (Å²) in [7, 11) is 0. The van der Waals surface area contributed by atoms with Gasteiger partial charge in [0, 0.05) is 6.04 Å². The van der Waals surface area contributed by atoms with Gasteiger partial charge in [0.15, 0.2) is 0 Å². The van der Waals surface area contributed by atoms with Crippen molar-refractivity contribution in [3.05, 3.63) is 35.9 Å². The van der Waals surface area contributed by atoms with Gasteiger partial charge in [-0.3, -0.25) is 0 Å². The number of nitrogens with one attached hydrogen (secondary N) is 1. The fourth-order valence-corrected chi connectivity index (χ4v) is 5.20. The minimum Gasteiger partial charge on any atom is -0.313 e. The second-order valence-electron chi connectivity index (χ2n) is 8.40. The summed E-state index contributed by atoms with van der Waals surface area (Å²) in [5, 5.41) is 3.94. The van der Waals surface area contributed by atoms with E-state index < -0.39 is 0 Å². The van der Waals surface area contributed by atoms with E-state index >= 15 is 0 Å². The Bertz CT molecular complexity index is 473. The molecule has 0 saturated heterocycles. The molecule has 2 bridgehead atoms. The standard InChI is InChI=1S/C20H31N/c1-15(16-8-6-5-7-9-16)11-13-21-18-19(2,3)17-10-12-20(18,4)14-17/h5-9,15,17-18,21H,10-14H2,1-4H3. The second kappa shape index (κ2) is 5.43. The highest BCUT2D eigenvalue weighted by Gasteiger charge is 2.58. The van der Waals surface area contributed by atoms with Crippen molar-refractivity contribution in [3.63, 3.8) is 0 Å². The van der Waals surface area contributed by atoms with Crippen molar-refractivity contribution in [2.75, 3.05) is 6.54 Å². The first kappa shape index (κ1) is 15.1. The van der Waals surface area contributed by atoms with Crippen LogP contribution in [0.3, 0.4) is 0 Å². The maximum atomic E-state index is 3.94. The largest absolute Gasteiger partial charge is 0.313 e. The first-order valence-corrected chi connectivity index (χ1v) is 8.72. The van der Waals surface area contributed by atoms with Gasteiger partial charge in [-0.15, -0.1) is 0 Å². The first-order chi connectivity index (χ1) is 9.93. The van der Waals surface area contributed by atoms with E-state index in [1.807, 2.05) is 0 Å². The normalized spacial score (nSPS) is 35.0. The zero-order chi connectivity index (χ0) is 15.1. The minimum absolute atomic E-state index is 0.475. The van der Waals surface area contributed by atoms with Gasteiger partial charge in [-0.1, -0.05) is 58.0 Å². The monoisotopic (exact) mass is 285 g/mol. The van der Waals surface area contributed by atoms with Gasteiger partial charge < -0.3 is 5.32 Å². The lowest BCUT2D eigenvalue weighted by Gasteiger charge is -2.43. The van der Waals surface area contributed by atoms with Crippen molar-refractivity contribution < 1.29 is 0 Å². The minimum atomic E-state index is 0.475.